The zero-order valence-electron chi connectivity index (χ0n) is 19.9. The number of halogens is 3. The van der Waals surface area contributed by atoms with Gasteiger partial charge in [-0.15, -0.1) is 0 Å². The Labute approximate surface area is 223 Å². The fourth-order valence-electron chi connectivity index (χ4n) is 5.54. The molecule has 0 bridgehead atoms. The number of rotatable bonds is 6. The Bertz CT molecular complexity index is 1320. The number of carboxylic acid groups (broad SMARTS) is 1. The maximum absolute atomic E-state index is 13.5. The summed E-state index contributed by atoms with van der Waals surface area (Å²) in [7, 11) is 0. The number of carbonyl (C=O) groups excluding carboxylic acids is 2. The summed E-state index contributed by atoms with van der Waals surface area (Å²) in [6, 6.07) is 9.28. The van der Waals surface area contributed by atoms with Gasteiger partial charge in [-0.25, -0.2) is 4.39 Å². The molecule has 37 heavy (non-hydrogen) atoms. The van der Waals surface area contributed by atoms with E-state index >= 15 is 0 Å². The van der Waals surface area contributed by atoms with Crippen molar-refractivity contribution < 1.29 is 28.6 Å². The second-order valence-corrected chi connectivity index (χ2v) is 10.2. The molecule has 5 rings (SSSR count). The molecule has 1 heterocycles. The average Bonchev–Trinajstić information content (AvgIpc) is 2.84. The van der Waals surface area contributed by atoms with Gasteiger partial charge in [0, 0.05) is 41.3 Å². The molecule has 0 amide bonds. The highest BCUT2D eigenvalue weighted by Gasteiger charge is 2.44. The number of benzene rings is 2. The molecule has 2 aliphatic carbocycles. The van der Waals surface area contributed by atoms with Crippen LogP contribution in [-0.4, -0.2) is 34.1 Å². The van der Waals surface area contributed by atoms with Gasteiger partial charge >= 0.3 is 5.97 Å². The van der Waals surface area contributed by atoms with Crippen molar-refractivity contribution in [1.29, 1.82) is 0 Å². The van der Waals surface area contributed by atoms with Crippen LogP contribution >= 0.6 is 23.2 Å². The molecule has 0 saturated heterocycles. The van der Waals surface area contributed by atoms with Crippen molar-refractivity contribution in [2.45, 2.75) is 51.0 Å². The Balaban J connectivity index is 1.58. The third kappa shape index (κ3) is 4.90. The van der Waals surface area contributed by atoms with E-state index in [9.17, 15) is 23.9 Å². The Hall–Kier alpha value is -3.16. The summed E-state index contributed by atoms with van der Waals surface area (Å²) in [6.45, 7) is -0.259. The number of nitrogens with zero attached hydrogens (tertiary/aromatic N) is 1. The third-order valence-electron chi connectivity index (χ3n) is 7.01. The van der Waals surface area contributed by atoms with Crippen LogP contribution in [0.15, 0.2) is 58.9 Å². The van der Waals surface area contributed by atoms with Crippen LogP contribution < -0.4 is 4.74 Å². The molecule has 0 aromatic heterocycles. The normalized spacial score (nSPS) is 18.2. The molecule has 3 aliphatic rings. The van der Waals surface area contributed by atoms with Crippen LogP contribution in [0.25, 0.3) is 0 Å². The summed E-state index contributed by atoms with van der Waals surface area (Å²) >= 11 is 13.2. The molecule has 0 saturated carbocycles. The third-order valence-corrected chi connectivity index (χ3v) is 7.57. The second-order valence-electron chi connectivity index (χ2n) is 9.42. The Morgan fingerprint density at radius 1 is 0.973 bits per heavy atom. The summed E-state index contributed by atoms with van der Waals surface area (Å²) in [6.07, 6.45) is 2.97. The zero-order chi connectivity index (χ0) is 26.3. The maximum Gasteiger partial charge on any atom is 0.323 e. The predicted molar refractivity (Wildman–Crippen MR) is 136 cm³/mol. The van der Waals surface area contributed by atoms with Gasteiger partial charge < -0.3 is 14.7 Å². The van der Waals surface area contributed by atoms with E-state index in [0.29, 0.717) is 72.2 Å². The molecule has 2 aromatic carbocycles. The molecule has 2 aromatic rings. The lowest BCUT2D eigenvalue weighted by Gasteiger charge is -2.43. The Morgan fingerprint density at radius 3 is 2.11 bits per heavy atom. The van der Waals surface area contributed by atoms with Gasteiger partial charge in [-0.3, -0.25) is 14.4 Å². The van der Waals surface area contributed by atoms with Crippen LogP contribution in [0.5, 0.6) is 5.75 Å². The lowest BCUT2D eigenvalue weighted by molar-refractivity contribution is -0.138. The highest BCUT2D eigenvalue weighted by atomic mass is 35.5. The number of ketones is 2. The van der Waals surface area contributed by atoms with Crippen molar-refractivity contribution in [3.8, 4) is 5.75 Å². The summed E-state index contributed by atoms with van der Waals surface area (Å²) in [4.78, 5) is 39.9. The largest absolute Gasteiger partial charge is 0.486 e. The standard InChI is InChI=1S/C28H24Cl2FNO5/c29-18-11-16(12-19(30)28(18)37-14-15-4-1-5-17(31)10-15)25-26-20(6-2-8-22(26)33)32(13-24(35)36)21-7-3-9-23(34)27(21)25/h1,4-5,10-12,25H,2-3,6-9,13-14H2,(H,35,36). The Morgan fingerprint density at radius 2 is 1.57 bits per heavy atom. The number of carbonyl (C=O) groups is 3. The SMILES string of the molecule is O=C(O)CN1C2=C(C(=O)CCC2)C(c2cc(Cl)c(OCc3cccc(F)c3)c(Cl)c2)C2=C1CCCC2=O. The number of hydrogen-bond acceptors (Lipinski definition) is 5. The molecule has 192 valence electrons. The highest BCUT2D eigenvalue weighted by Crippen LogP contribution is 2.50. The minimum atomic E-state index is -1.03. The first kappa shape index (κ1) is 25.5. The summed E-state index contributed by atoms with van der Waals surface area (Å²) in [5, 5.41) is 9.98. The van der Waals surface area contributed by atoms with E-state index in [1.54, 1.807) is 29.2 Å². The summed E-state index contributed by atoms with van der Waals surface area (Å²) in [5.41, 5.74) is 3.40. The number of hydrogen-bond donors (Lipinski definition) is 1. The van der Waals surface area contributed by atoms with E-state index in [0.717, 1.165) is 0 Å². The first-order chi connectivity index (χ1) is 17.7. The van der Waals surface area contributed by atoms with Gasteiger partial charge in [0.2, 0.25) is 0 Å². The van der Waals surface area contributed by atoms with Gasteiger partial charge in [0.15, 0.2) is 17.3 Å². The predicted octanol–water partition coefficient (Wildman–Crippen LogP) is 6.21. The van der Waals surface area contributed by atoms with Crippen LogP contribution in [0.2, 0.25) is 10.0 Å². The van der Waals surface area contributed by atoms with Crippen molar-refractivity contribution in [2.24, 2.45) is 0 Å². The molecule has 9 heteroatoms. The quantitative estimate of drug-likeness (QED) is 0.466. The van der Waals surface area contributed by atoms with Crippen molar-refractivity contribution in [3.05, 3.63) is 85.9 Å². The number of carboxylic acids is 1. The molecular formula is C28H24Cl2FNO5. The van der Waals surface area contributed by atoms with Gasteiger partial charge in [-0.2, -0.15) is 0 Å². The van der Waals surface area contributed by atoms with Crippen LogP contribution in [-0.2, 0) is 21.0 Å². The fourth-order valence-corrected chi connectivity index (χ4v) is 6.16. The lowest BCUT2D eigenvalue weighted by Crippen LogP contribution is -2.41. The number of allylic oxidation sites excluding steroid dienone is 4. The van der Waals surface area contributed by atoms with E-state index in [-0.39, 0.29) is 46.3 Å². The van der Waals surface area contributed by atoms with Gasteiger partial charge in [0.05, 0.1) is 10.0 Å². The molecule has 0 unspecified atom stereocenters. The number of Topliss-reactive ketones (excluding diaryl/α,β-unsaturated/α-hetero) is 2. The summed E-state index contributed by atoms with van der Waals surface area (Å²) in [5.74, 6) is -2.09. The monoisotopic (exact) mass is 543 g/mol. The zero-order valence-corrected chi connectivity index (χ0v) is 21.4. The van der Waals surface area contributed by atoms with E-state index < -0.39 is 11.9 Å². The van der Waals surface area contributed by atoms with Crippen molar-refractivity contribution in [2.75, 3.05) is 6.54 Å². The molecule has 0 atom stereocenters. The van der Waals surface area contributed by atoms with Gasteiger partial charge in [-0.1, -0.05) is 35.3 Å². The topological polar surface area (TPSA) is 83.9 Å². The van der Waals surface area contributed by atoms with Crippen LogP contribution in [0, 0.1) is 5.82 Å². The van der Waals surface area contributed by atoms with Crippen molar-refractivity contribution in [3.63, 3.8) is 0 Å². The first-order valence-corrected chi connectivity index (χ1v) is 12.9. The summed E-state index contributed by atoms with van der Waals surface area (Å²) < 4.78 is 19.3. The smallest absolute Gasteiger partial charge is 0.323 e. The molecule has 0 radical (unpaired) electrons. The average molecular weight is 544 g/mol. The Kier molecular flexibility index (Phi) is 7.10. The van der Waals surface area contributed by atoms with E-state index in [2.05, 4.69) is 0 Å². The fraction of sp³-hybridized carbons (Fsp3) is 0.321. The maximum atomic E-state index is 13.5. The minimum Gasteiger partial charge on any atom is -0.486 e. The van der Waals surface area contributed by atoms with Gasteiger partial charge in [0.25, 0.3) is 0 Å². The van der Waals surface area contributed by atoms with Gasteiger partial charge in [-0.05, 0) is 61.1 Å². The van der Waals surface area contributed by atoms with Crippen molar-refractivity contribution >= 4 is 40.7 Å². The van der Waals surface area contributed by atoms with E-state index in [1.165, 1.54) is 12.1 Å². The number of ether oxygens (including phenoxy) is 1. The molecule has 6 nitrogen and oxygen atoms in total. The van der Waals surface area contributed by atoms with Crippen LogP contribution in [0.4, 0.5) is 4.39 Å². The van der Waals surface area contributed by atoms with Crippen LogP contribution in [0.3, 0.4) is 0 Å². The molecule has 0 spiro atoms. The number of aliphatic carboxylic acids is 1. The lowest BCUT2D eigenvalue weighted by atomic mass is 9.71. The minimum absolute atomic E-state index is 0.0473. The van der Waals surface area contributed by atoms with E-state index in [4.69, 9.17) is 27.9 Å². The molecule has 1 aliphatic heterocycles. The second kappa shape index (κ2) is 10.3. The molecule has 0 fully saturated rings. The first-order valence-electron chi connectivity index (χ1n) is 12.1. The molecule has 1 N–H and O–H groups in total. The highest BCUT2D eigenvalue weighted by molar-refractivity contribution is 6.37. The van der Waals surface area contributed by atoms with Crippen LogP contribution in [0.1, 0.15) is 55.6 Å². The van der Waals surface area contributed by atoms with Crippen molar-refractivity contribution in [1.82, 2.24) is 4.90 Å². The molecular weight excluding hydrogens is 520 g/mol. The van der Waals surface area contributed by atoms with Gasteiger partial charge in [0.1, 0.15) is 19.0 Å². The van der Waals surface area contributed by atoms with E-state index in [1.807, 2.05) is 0 Å².